The van der Waals surface area contributed by atoms with E-state index in [0.29, 0.717) is 22.3 Å². The quantitative estimate of drug-likeness (QED) is 0.566. The lowest BCUT2D eigenvalue weighted by atomic mass is 10.0. The van der Waals surface area contributed by atoms with Crippen molar-refractivity contribution in [3.8, 4) is 11.1 Å². The number of rotatable bonds is 3. The van der Waals surface area contributed by atoms with Gasteiger partial charge in [-0.25, -0.2) is 0 Å². The Morgan fingerprint density at radius 3 is 2.21 bits per heavy atom. The first-order chi connectivity index (χ1) is 13.6. The second-order valence-corrected chi connectivity index (χ2v) is 6.82. The lowest BCUT2D eigenvalue weighted by Crippen LogP contribution is -2.21. The van der Waals surface area contributed by atoms with E-state index in [1.54, 1.807) is 12.1 Å². The second-order valence-electron chi connectivity index (χ2n) is 6.82. The highest BCUT2D eigenvalue weighted by molar-refractivity contribution is 6.06. The molecular weight excluding hydrogens is 348 g/mol. The van der Waals surface area contributed by atoms with Gasteiger partial charge in [-0.3, -0.25) is 9.59 Å². The number of carbonyl (C=O) groups excluding carboxylic acids is 1. The third kappa shape index (κ3) is 3.09. The number of nitrogens with zero attached hydrogens (tertiary/aromatic N) is 1. The summed E-state index contributed by atoms with van der Waals surface area (Å²) in [7, 11) is 1.86. The van der Waals surface area contributed by atoms with Gasteiger partial charge in [-0.05, 0) is 36.8 Å². The van der Waals surface area contributed by atoms with Crippen molar-refractivity contribution < 1.29 is 4.79 Å². The standard InChI is InChI=1S/C24H20N2O2/c1-16-12-14-17(15-13-16)21-22(27)19-10-6-7-11-20(19)26(2)23(21)25-24(28)18-8-4-3-5-9-18/h3-15H,1-2H3,(H,25,28). The molecule has 0 bridgehead atoms. The van der Waals surface area contributed by atoms with Crippen LogP contribution in [0, 0.1) is 6.92 Å². The molecule has 0 saturated heterocycles. The molecule has 0 aliphatic rings. The van der Waals surface area contributed by atoms with E-state index in [1.165, 1.54) is 0 Å². The third-order valence-corrected chi connectivity index (χ3v) is 4.92. The van der Waals surface area contributed by atoms with Gasteiger partial charge in [-0.2, -0.15) is 0 Å². The Kier molecular flexibility index (Phi) is 4.53. The number of para-hydroxylation sites is 1. The van der Waals surface area contributed by atoms with Gasteiger partial charge < -0.3 is 9.88 Å². The number of pyridine rings is 1. The number of carbonyl (C=O) groups is 1. The SMILES string of the molecule is Cc1ccc(-c2c(NC(=O)c3ccccc3)n(C)c3ccccc3c2=O)cc1. The number of aryl methyl sites for hydroxylation is 2. The van der Waals surface area contributed by atoms with Gasteiger partial charge in [0.2, 0.25) is 0 Å². The largest absolute Gasteiger partial charge is 0.330 e. The molecule has 0 spiro atoms. The Bertz CT molecular complexity index is 1220. The molecule has 4 rings (SSSR count). The first-order valence-electron chi connectivity index (χ1n) is 9.11. The minimum absolute atomic E-state index is 0.0964. The van der Waals surface area contributed by atoms with Gasteiger partial charge in [-0.15, -0.1) is 0 Å². The molecule has 0 unspecified atom stereocenters. The van der Waals surface area contributed by atoms with Crippen LogP contribution in [-0.4, -0.2) is 10.5 Å². The van der Waals surface area contributed by atoms with Gasteiger partial charge in [0.15, 0.2) is 5.43 Å². The molecule has 0 atom stereocenters. The number of aromatic nitrogens is 1. The van der Waals surface area contributed by atoms with Crippen molar-refractivity contribution in [1.82, 2.24) is 4.57 Å². The molecule has 1 N–H and O–H groups in total. The zero-order chi connectivity index (χ0) is 19.7. The van der Waals surface area contributed by atoms with Crippen LogP contribution in [-0.2, 0) is 7.05 Å². The predicted molar refractivity (Wildman–Crippen MR) is 114 cm³/mol. The van der Waals surface area contributed by atoms with Crippen LogP contribution in [0.15, 0.2) is 83.7 Å². The molecule has 138 valence electrons. The Morgan fingerprint density at radius 1 is 0.857 bits per heavy atom. The fraction of sp³-hybridized carbons (Fsp3) is 0.0833. The van der Waals surface area contributed by atoms with Crippen LogP contribution < -0.4 is 10.7 Å². The van der Waals surface area contributed by atoms with E-state index < -0.39 is 0 Å². The predicted octanol–water partition coefficient (Wildman–Crippen LogP) is 4.77. The smallest absolute Gasteiger partial charge is 0.256 e. The Labute approximate surface area is 163 Å². The molecule has 0 saturated carbocycles. The molecule has 0 aliphatic carbocycles. The Morgan fingerprint density at radius 2 is 1.50 bits per heavy atom. The number of benzene rings is 3. The number of hydrogen-bond donors (Lipinski definition) is 1. The summed E-state index contributed by atoms with van der Waals surface area (Å²) in [5.74, 6) is 0.237. The Balaban J connectivity index is 1.96. The molecule has 3 aromatic carbocycles. The molecule has 1 heterocycles. The highest BCUT2D eigenvalue weighted by atomic mass is 16.1. The highest BCUT2D eigenvalue weighted by Gasteiger charge is 2.19. The summed E-state index contributed by atoms with van der Waals surface area (Å²) < 4.78 is 1.87. The highest BCUT2D eigenvalue weighted by Crippen LogP contribution is 2.28. The lowest BCUT2D eigenvalue weighted by molar-refractivity contribution is 0.102. The summed E-state index contributed by atoms with van der Waals surface area (Å²) in [6.45, 7) is 2.00. The van der Waals surface area contributed by atoms with Crippen molar-refractivity contribution in [1.29, 1.82) is 0 Å². The van der Waals surface area contributed by atoms with E-state index in [2.05, 4.69) is 5.32 Å². The average molecular weight is 368 g/mol. The summed E-state index contributed by atoms with van der Waals surface area (Å²) >= 11 is 0. The van der Waals surface area contributed by atoms with E-state index in [1.807, 2.05) is 85.3 Å². The molecule has 4 nitrogen and oxygen atoms in total. The van der Waals surface area contributed by atoms with E-state index >= 15 is 0 Å². The van der Waals surface area contributed by atoms with Crippen molar-refractivity contribution in [2.45, 2.75) is 6.92 Å². The van der Waals surface area contributed by atoms with Crippen LogP contribution in [0.2, 0.25) is 0 Å². The molecule has 4 heteroatoms. The third-order valence-electron chi connectivity index (χ3n) is 4.92. The second kappa shape index (κ2) is 7.16. The van der Waals surface area contributed by atoms with E-state index in [9.17, 15) is 9.59 Å². The van der Waals surface area contributed by atoms with Crippen LogP contribution in [0.4, 0.5) is 5.82 Å². The van der Waals surface area contributed by atoms with Crippen molar-refractivity contribution in [2.75, 3.05) is 5.32 Å². The van der Waals surface area contributed by atoms with E-state index in [-0.39, 0.29) is 11.3 Å². The summed E-state index contributed by atoms with van der Waals surface area (Å²) in [6, 6.07) is 24.2. The van der Waals surface area contributed by atoms with Crippen molar-refractivity contribution in [3.63, 3.8) is 0 Å². The summed E-state index contributed by atoms with van der Waals surface area (Å²) in [4.78, 5) is 26.2. The summed E-state index contributed by atoms with van der Waals surface area (Å²) in [5, 5.41) is 3.59. The van der Waals surface area contributed by atoms with Crippen LogP contribution in [0.5, 0.6) is 0 Å². The molecule has 4 aromatic rings. The van der Waals surface area contributed by atoms with Crippen LogP contribution in [0.1, 0.15) is 15.9 Å². The molecule has 0 fully saturated rings. The molecule has 0 aliphatic heterocycles. The van der Waals surface area contributed by atoms with Gasteiger partial charge in [0.05, 0.1) is 11.1 Å². The zero-order valence-corrected chi connectivity index (χ0v) is 15.8. The van der Waals surface area contributed by atoms with Gasteiger partial charge in [0.1, 0.15) is 5.82 Å². The fourth-order valence-corrected chi connectivity index (χ4v) is 3.39. The molecule has 1 aromatic heterocycles. The minimum atomic E-state index is -0.251. The first kappa shape index (κ1) is 17.7. The summed E-state index contributed by atoms with van der Waals surface area (Å²) in [6.07, 6.45) is 0. The van der Waals surface area contributed by atoms with Gasteiger partial charge in [-0.1, -0.05) is 60.2 Å². The topological polar surface area (TPSA) is 51.1 Å². The van der Waals surface area contributed by atoms with Crippen LogP contribution in [0.3, 0.4) is 0 Å². The maximum atomic E-state index is 13.3. The van der Waals surface area contributed by atoms with Gasteiger partial charge in [0, 0.05) is 18.0 Å². The molecule has 28 heavy (non-hydrogen) atoms. The number of hydrogen-bond acceptors (Lipinski definition) is 2. The minimum Gasteiger partial charge on any atom is -0.330 e. The zero-order valence-electron chi connectivity index (χ0n) is 15.8. The monoisotopic (exact) mass is 368 g/mol. The maximum Gasteiger partial charge on any atom is 0.256 e. The number of fused-ring (bicyclic) bond motifs is 1. The number of nitrogens with one attached hydrogen (secondary N) is 1. The van der Waals surface area contributed by atoms with Gasteiger partial charge >= 0.3 is 0 Å². The summed E-state index contributed by atoms with van der Waals surface area (Å²) in [5.41, 5.74) is 3.59. The molecule has 1 amide bonds. The average Bonchev–Trinajstić information content (AvgIpc) is 2.73. The first-order valence-corrected chi connectivity index (χ1v) is 9.11. The van der Waals surface area contributed by atoms with E-state index in [0.717, 1.165) is 16.6 Å². The Hall–Kier alpha value is -3.66. The van der Waals surface area contributed by atoms with Crippen molar-refractivity contribution in [3.05, 3.63) is 100 Å². The van der Waals surface area contributed by atoms with E-state index in [4.69, 9.17) is 0 Å². The molecule has 0 radical (unpaired) electrons. The number of anilines is 1. The number of amides is 1. The van der Waals surface area contributed by atoms with Crippen LogP contribution >= 0.6 is 0 Å². The normalized spacial score (nSPS) is 10.8. The maximum absolute atomic E-state index is 13.3. The van der Waals surface area contributed by atoms with Gasteiger partial charge in [0.25, 0.3) is 5.91 Å². The lowest BCUT2D eigenvalue weighted by Gasteiger charge is -2.18. The van der Waals surface area contributed by atoms with Crippen molar-refractivity contribution >= 4 is 22.6 Å². The van der Waals surface area contributed by atoms with Crippen LogP contribution in [0.25, 0.3) is 22.0 Å². The van der Waals surface area contributed by atoms with Crippen molar-refractivity contribution in [2.24, 2.45) is 7.05 Å². The fourth-order valence-electron chi connectivity index (χ4n) is 3.39. The molecular formula is C24H20N2O2.